The van der Waals surface area contributed by atoms with E-state index in [4.69, 9.17) is 4.52 Å². The Morgan fingerprint density at radius 3 is 3.21 bits per heavy atom. The van der Waals surface area contributed by atoms with Crippen molar-refractivity contribution in [3.63, 3.8) is 0 Å². The van der Waals surface area contributed by atoms with Gasteiger partial charge in [0.15, 0.2) is 5.82 Å². The van der Waals surface area contributed by atoms with Crippen LogP contribution in [0.25, 0.3) is 10.8 Å². The lowest BCUT2D eigenvalue weighted by atomic mass is 9.95. The van der Waals surface area contributed by atoms with Crippen LogP contribution in [0.1, 0.15) is 25.6 Å². The first-order chi connectivity index (χ1) is 9.12. The van der Waals surface area contributed by atoms with Gasteiger partial charge in [-0.05, 0) is 37.8 Å². The largest absolute Gasteiger partial charge is 0.389 e. The van der Waals surface area contributed by atoms with Gasteiger partial charge in [0.1, 0.15) is 0 Å². The van der Waals surface area contributed by atoms with E-state index in [-0.39, 0.29) is 0 Å². The van der Waals surface area contributed by atoms with Crippen molar-refractivity contribution in [2.45, 2.75) is 31.9 Å². The van der Waals surface area contributed by atoms with Crippen molar-refractivity contribution >= 4 is 11.3 Å². The molecule has 0 bridgehead atoms. The molecule has 3 heterocycles. The summed E-state index contributed by atoms with van der Waals surface area (Å²) in [4.78, 5) is 7.57. The number of aliphatic hydroxyl groups is 1. The summed E-state index contributed by atoms with van der Waals surface area (Å²) in [6, 6.07) is 3.93. The number of piperidine rings is 1. The highest BCUT2D eigenvalue weighted by Crippen LogP contribution is 2.24. The molecule has 1 fully saturated rings. The maximum atomic E-state index is 10.1. The third kappa shape index (κ3) is 3.02. The summed E-state index contributed by atoms with van der Waals surface area (Å²) in [7, 11) is 0. The number of nitrogens with zero attached hydrogens (tertiary/aromatic N) is 3. The van der Waals surface area contributed by atoms with E-state index in [0.717, 1.165) is 24.3 Å². The Bertz CT molecular complexity index is 536. The van der Waals surface area contributed by atoms with Crippen molar-refractivity contribution in [1.82, 2.24) is 15.0 Å². The van der Waals surface area contributed by atoms with Crippen LogP contribution in [-0.2, 0) is 6.54 Å². The van der Waals surface area contributed by atoms with E-state index in [2.05, 4.69) is 15.0 Å². The second-order valence-corrected chi connectivity index (χ2v) is 6.25. The molecule has 1 atom stereocenters. The van der Waals surface area contributed by atoms with Crippen molar-refractivity contribution in [3.8, 4) is 10.8 Å². The third-order valence-corrected chi connectivity index (χ3v) is 4.18. The Hall–Kier alpha value is -1.24. The fraction of sp³-hybridized carbons (Fsp3) is 0.538. The fourth-order valence-corrected chi connectivity index (χ4v) is 3.12. The fourth-order valence-electron chi connectivity index (χ4n) is 2.48. The summed E-state index contributed by atoms with van der Waals surface area (Å²) >= 11 is 1.59. The molecule has 0 amide bonds. The molecule has 0 spiro atoms. The lowest BCUT2D eigenvalue weighted by molar-refractivity contribution is -0.0190. The average molecular weight is 279 g/mol. The van der Waals surface area contributed by atoms with E-state index in [9.17, 15) is 5.11 Å². The van der Waals surface area contributed by atoms with Gasteiger partial charge in [-0.25, -0.2) is 0 Å². The normalized spacial score (nSPS) is 24.7. The second-order valence-electron chi connectivity index (χ2n) is 5.30. The molecule has 102 valence electrons. The monoisotopic (exact) mass is 279 g/mol. The number of likely N-dealkylation sites (tertiary alicyclic amines) is 1. The van der Waals surface area contributed by atoms with Gasteiger partial charge in [0.25, 0.3) is 5.89 Å². The van der Waals surface area contributed by atoms with Crippen LogP contribution in [0, 0.1) is 0 Å². The Morgan fingerprint density at radius 1 is 1.58 bits per heavy atom. The molecule has 6 heteroatoms. The summed E-state index contributed by atoms with van der Waals surface area (Å²) in [6.45, 7) is 4.15. The van der Waals surface area contributed by atoms with Gasteiger partial charge >= 0.3 is 0 Å². The Kier molecular flexibility index (Phi) is 3.38. The molecule has 1 unspecified atom stereocenters. The number of thiophene rings is 1. The number of β-amino-alcohol motifs (C(OH)–C–C–N with tert-alkyl or cyclic N) is 1. The van der Waals surface area contributed by atoms with Crippen LogP contribution >= 0.6 is 11.3 Å². The molecule has 3 rings (SSSR count). The summed E-state index contributed by atoms with van der Waals surface area (Å²) in [5, 5.41) is 16.1. The quantitative estimate of drug-likeness (QED) is 0.932. The molecule has 1 saturated heterocycles. The van der Waals surface area contributed by atoms with Gasteiger partial charge < -0.3 is 9.63 Å². The molecule has 0 aliphatic carbocycles. The summed E-state index contributed by atoms with van der Waals surface area (Å²) in [6.07, 6.45) is 1.86. The lowest BCUT2D eigenvalue weighted by Gasteiger charge is -2.36. The molecular weight excluding hydrogens is 262 g/mol. The van der Waals surface area contributed by atoms with Crippen molar-refractivity contribution < 1.29 is 9.63 Å². The minimum Gasteiger partial charge on any atom is -0.389 e. The Morgan fingerprint density at radius 2 is 2.47 bits per heavy atom. The number of rotatable bonds is 3. The Labute approximate surface area is 115 Å². The van der Waals surface area contributed by atoms with Crippen LogP contribution in [-0.4, -0.2) is 38.8 Å². The molecule has 1 aliphatic heterocycles. The molecule has 2 aromatic heterocycles. The van der Waals surface area contributed by atoms with Crippen LogP contribution in [0.4, 0.5) is 0 Å². The summed E-state index contributed by atoms with van der Waals surface area (Å²) < 4.78 is 5.26. The van der Waals surface area contributed by atoms with Crippen LogP contribution in [0.2, 0.25) is 0 Å². The van der Waals surface area contributed by atoms with E-state index >= 15 is 0 Å². The van der Waals surface area contributed by atoms with Crippen molar-refractivity contribution in [1.29, 1.82) is 0 Å². The van der Waals surface area contributed by atoms with Crippen molar-refractivity contribution in [2.75, 3.05) is 13.1 Å². The summed E-state index contributed by atoms with van der Waals surface area (Å²) in [5.74, 6) is 1.26. The minimum atomic E-state index is -0.599. The topological polar surface area (TPSA) is 62.4 Å². The van der Waals surface area contributed by atoms with E-state index < -0.39 is 5.60 Å². The van der Waals surface area contributed by atoms with Crippen LogP contribution in [0.5, 0.6) is 0 Å². The van der Waals surface area contributed by atoms with E-state index in [1.165, 1.54) is 0 Å². The van der Waals surface area contributed by atoms with Crippen molar-refractivity contribution in [3.05, 3.63) is 23.3 Å². The minimum absolute atomic E-state index is 0.578. The lowest BCUT2D eigenvalue weighted by Crippen LogP contribution is -2.45. The summed E-state index contributed by atoms with van der Waals surface area (Å²) in [5.41, 5.74) is -0.599. The molecular formula is C13H17N3O2S. The maximum absolute atomic E-state index is 10.1. The molecule has 19 heavy (non-hydrogen) atoms. The van der Waals surface area contributed by atoms with Gasteiger partial charge in [0, 0.05) is 6.54 Å². The second kappa shape index (κ2) is 5.03. The molecule has 5 nitrogen and oxygen atoms in total. The first-order valence-corrected chi connectivity index (χ1v) is 7.32. The smallest absolute Gasteiger partial charge is 0.268 e. The zero-order chi connectivity index (χ0) is 13.3. The van der Waals surface area contributed by atoms with Gasteiger partial charge in [-0.15, -0.1) is 11.3 Å². The highest BCUT2D eigenvalue weighted by molar-refractivity contribution is 7.13. The van der Waals surface area contributed by atoms with E-state index in [1.807, 2.05) is 24.4 Å². The van der Waals surface area contributed by atoms with Crippen LogP contribution < -0.4 is 0 Å². The van der Waals surface area contributed by atoms with Gasteiger partial charge in [0.2, 0.25) is 0 Å². The Balaban J connectivity index is 1.67. The molecule has 1 aliphatic rings. The SMILES string of the molecule is CC1(O)CCCN(Cc2noc(-c3cccs3)n2)C1. The first kappa shape index (κ1) is 12.8. The van der Waals surface area contributed by atoms with Crippen LogP contribution in [0.15, 0.2) is 22.0 Å². The maximum Gasteiger partial charge on any atom is 0.268 e. The highest BCUT2D eigenvalue weighted by Gasteiger charge is 2.29. The van der Waals surface area contributed by atoms with E-state index in [1.54, 1.807) is 11.3 Å². The van der Waals surface area contributed by atoms with Gasteiger partial charge in [-0.2, -0.15) is 4.98 Å². The number of hydrogen-bond donors (Lipinski definition) is 1. The average Bonchev–Trinajstić information content (AvgIpc) is 2.96. The predicted molar refractivity (Wildman–Crippen MR) is 72.7 cm³/mol. The molecule has 0 saturated carbocycles. The van der Waals surface area contributed by atoms with Gasteiger partial charge in [-0.3, -0.25) is 4.90 Å². The van der Waals surface area contributed by atoms with Crippen molar-refractivity contribution in [2.24, 2.45) is 0 Å². The molecule has 1 N–H and O–H groups in total. The standard InChI is InChI=1S/C13H17N3O2S/c1-13(17)5-3-6-16(9-13)8-11-14-12(18-15-11)10-4-2-7-19-10/h2,4,7,17H,3,5-6,8-9H2,1H3. The third-order valence-electron chi connectivity index (χ3n) is 3.32. The molecule has 0 radical (unpaired) electrons. The molecule has 2 aromatic rings. The number of hydrogen-bond acceptors (Lipinski definition) is 6. The zero-order valence-corrected chi connectivity index (χ0v) is 11.7. The first-order valence-electron chi connectivity index (χ1n) is 6.44. The highest BCUT2D eigenvalue weighted by atomic mass is 32.1. The number of aromatic nitrogens is 2. The van der Waals surface area contributed by atoms with Gasteiger partial charge in [-0.1, -0.05) is 11.2 Å². The van der Waals surface area contributed by atoms with Crippen LogP contribution in [0.3, 0.4) is 0 Å². The van der Waals surface area contributed by atoms with Gasteiger partial charge in [0.05, 0.1) is 17.0 Å². The predicted octanol–water partition coefficient (Wildman–Crippen LogP) is 2.14. The van der Waals surface area contributed by atoms with E-state index in [0.29, 0.717) is 24.8 Å². The molecule has 0 aromatic carbocycles. The zero-order valence-electron chi connectivity index (χ0n) is 10.9.